The molecule has 106 valence electrons. The van der Waals surface area contributed by atoms with Crippen molar-refractivity contribution in [1.82, 2.24) is 0 Å². The Hall–Kier alpha value is -0.0800. The summed E-state index contributed by atoms with van der Waals surface area (Å²) in [6, 6.07) is 0. The Labute approximate surface area is 112 Å². The number of fused-ring (bicyclic) bond motifs is 1. The van der Waals surface area contributed by atoms with Crippen molar-refractivity contribution in [1.29, 1.82) is 0 Å². The molecule has 2 heteroatoms. The van der Waals surface area contributed by atoms with Gasteiger partial charge in [0.2, 0.25) is 0 Å². The van der Waals surface area contributed by atoms with E-state index in [9.17, 15) is 5.11 Å². The summed E-state index contributed by atoms with van der Waals surface area (Å²) in [6.45, 7) is 7.49. The Kier molecular flexibility index (Phi) is 4.08. The first kappa shape index (κ1) is 14.3. The van der Waals surface area contributed by atoms with Gasteiger partial charge in [-0.25, -0.2) is 0 Å². The van der Waals surface area contributed by atoms with Gasteiger partial charge in [0.1, 0.15) is 0 Å². The molecule has 0 aromatic rings. The van der Waals surface area contributed by atoms with E-state index in [4.69, 9.17) is 5.11 Å². The van der Waals surface area contributed by atoms with E-state index in [-0.39, 0.29) is 18.1 Å². The van der Waals surface area contributed by atoms with Crippen molar-refractivity contribution in [2.24, 2.45) is 22.7 Å². The van der Waals surface area contributed by atoms with Gasteiger partial charge in [0.05, 0.1) is 6.10 Å². The maximum absolute atomic E-state index is 10.4. The van der Waals surface area contributed by atoms with Gasteiger partial charge in [0.25, 0.3) is 0 Å². The second-order valence-electron chi connectivity index (χ2n) is 7.52. The fourth-order valence-electron chi connectivity index (χ4n) is 5.14. The molecule has 18 heavy (non-hydrogen) atoms. The smallest absolute Gasteiger partial charge is 0.0573 e. The minimum Gasteiger partial charge on any atom is -0.396 e. The van der Waals surface area contributed by atoms with Gasteiger partial charge in [-0.3, -0.25) is 0 Å². The number of hydrogen-bond acceptors (Lipinski definition) is 2. The average Bonchev–Trinajstić information content (AvgIpc) is 2.27. The summed E-state index contributed by atoms with van der Waals surface area (Å²) in [5, 5.41) is 19.5. The Morgan fingerprint density at radius 2 is 1.83 bits per heavy atom. The zero-order valence-electron chi connectivity index (χ0n) is 12.3. The summed E-state index contributed by atoms with van der Waals surface area (Å²) in [6.07, 6.45) is 7.70. The van der Waals surface area contributed by atoms with Gasteiger partial charge in [-0.2, -0.15) is 0 Å². The lowest BCUT2D eigenvalue weighted by atomic mass is 9.47. The van der Waals surface area contributed by atoms with Crippen molar-refractivity contribution in [2.45, 2.75) is 71.8 Å². The molecule has 0 amide bonds. The van der Waals surface area contributed by atoms with Gasteiger partial charge >= 0.3 is 0 Å². The summed E-state index contributed by atoms with van der Waals surface area (Å²) in [4.78, 5) is 0. The van der Waals surface area contributed by atoms with Crippen LogP contribution in [0.15, 0.2) is 0 Å². The second kappa shape index (κ2) is 5.13. The zero-order chi connectivity index (χ0) is 13.4. The normalized spacial score (nSPS) is 43.5. The Bertz CT molecular complexity index is 287. The third-order valence-electron chi connectivity index (χ3n) is 6.01. The maximum Gasteiger partial charge on any atom is 0.0573 e. The van der Waals surface area contributed by atoms with Crippen molar-refractivity contribution >= 4 is 0 Å². The van der Waals surface area contributed by atoms with Crippen molar-refractivity contribution in [3.8, 4) is 0 Å². The van der Waals surface area contributed by atoms with Gasteiger partial charge in [-0.15, -0.1) is 0 Å². The second-order valence-corrected chi connectivity index (χ2v) is 7.52. The van der Waals surface area contributed by atoms with Crippen LogP contribution in [-0.2, 0) is 0 Å². The minimum absolute atomic E-state index is 0.147. The highest BCUT2D eigenvalue weighted by Gasteiger charge is 2.53. The fourth-order valence-corrected chi connectivity index (χ4v) is 5.14. The van der Waals surface area contributed by atoms with Crippen molar-refractivity contribution in [3.63, 3.8) is 0 Å². The number of hydrogen-bond donors (Lipinski definition) is 2. The van der Waals surface area contributed by atoms with Crippen LogP contribution in [0.25, 0.3) is 0 Å². The quantitative estimate of drug-likeness (QED) is 0.810. The van der Waals surface area contributed by atoms with E-state index in [0.717, 1.165) is 25.2 Å². The van der Waals surface area contributed by atoms with E-state index in [1.54, 1.807) is 0 Å². The summed E-state index contributed by atoms with van der Waals surface area (Å²) >= 11 is 0. The van der Waals surface area contributed by atoms with Crippen LogP contribution in [0.4, 0.5) is 0 Å². The van der Waals surface area contributed by atoms with Crippen LogP contribution in [0, 0.1) is 22.7 Å². The first-order valence-electron chi connectivity index (χ1n) is 7.71. The largest absolute Gasteiger partial charge is 0.396 e. The van der Waals surface area contributed by atoms with Crippen molar-refractivity contribution in [3.05, 3.63) is 0 Å². The predicted molar refractivity (Wildman–Crippen MR) is 74.3 cm³/mol. The highest BCUT2D eigenvalue weighted by Crippen LogP contribution is 2.60. The highest BCUT2D eigenvalue weighted by molar-refractivity contribution is 5.03. The van der Waals surface area contributed by atoms with Gasteiger partial charge in [-0.1, -0.05) is 27.2 Å². The first-order valence-corrected chi connectivity index (χ1v) is 7.71. The third kappa shape index (κ3) is 2.34. The lowest BCUT2D eigenvalue weighted by Gasteiger charge is -2.58. The van der Waals surface area contributed by atoms with E-state index >= 15 is 0 Å². The lowest BCUT2D eigenvalue weighted by molar-refractivity contribution is -0.126. The lowest BCUT2D eigenvalue weighted by Crippen LogP contribution is -2.53. The predicted octanol–water partition coefficient (Wildman–Crippen LogP) is 3.36. The monoisotopic (exact) mass is 254 g/mol. The molecule has 4 atom stereocenters. The molecule has 2 nitrogen and oxygen atoms in total. The topological polar surface area (TPSA) is 40.5 Å². The van der Waals surface area contributed by atoms with E-state index in [2.05, 4.69) is 20.8 Å². The van der Waals surface area contributed by atoms with E-state index in [1.165, 1.54) is 25.7 Å². The Morgan fingerprint density at radius 3 is 2.50 bits per heavy atom. The minimum atomic E-state index is -0.147. The van der Waals surface area contributed by atoms with E-state index in [0.29, 0.717) is 11.3 Å². The molecule has 0 unspecified atom stereocenters. The fraction of sp³-hybridized carbons (Fsp3) is 1.00. The molecule has 0 bridgehead atoms. The molecule has 0 aromatic heterocycles. The molecule has 2 N–H and O–H groups in total. The number of aliphatic hydroxyl groups excluding tert-OH is 2. The Balaban J connectivity index is 2.22. The van der Waals surface area contributed by atoms with Crippen LogP contribution in [0.1, 0.15) is 65.7 Å². The van der Waals surface area contributed by atoms with Crippen LogP contribution < -0.4 is 0 Å². The number of rotatable bonds is 3. The molecule has 2 saturated carbocycles. The standard InChI is InChI=1S/C16H30O2/c1-15(2)9-5-10-16(3)12(6-4-11-17)13(18)7-8-14(15)16/h12-14,17-18H,4-11H2,1-3H3/t12-,13-,14-,16+/m0/s1. The first-order chi connectivity index (χ1) is 8.42. The molecule has 2 fully saturated rings. The summed E-state index contributed by atoms with van der Waals surface area (Å²) in [5.74, 6) is 1.13. The van der Waals surface area contributed by atoms with E-state index < -0.39 is 0 Å². The summed E-state index contributed by atoms with van der Waals surface area (Å²) in [7, 11) is 0. The summed E-state index contributed by atoms with van der Waals surface area (Å²) < 4.78 is 0. The van der Waals surface area contributed by atoms with Crippen LogP contribution in [0.2, 0.25) is 0 Å². The molecule has 0 heterocycles. The van der Waals surface area contributed by atoms with Gasteiger partial charge in [-0.05, 0) is 61.2 Å². The molecule has 0 aliphatic heterocycles. The summed E-state index contributed by atoms with van der Waals surface area (Å²) in [5.41, 5.74) is 0.708. The SMILES string of the molecule is CC1(C)CCC[C@]2(C)[C@@H](CCCO)[C@@H](O)CC[C@@H]12. The molecule has 0 spiro atoms. The van der Waals surface area contributed by atoms with Crippen molar-refractivity contribution < 1.29 is 10.2 Å². The maximum atomic E-state index is 10.4. The molecular weight excluding hydrogens is 224 g/mol. The van der Waals surface area contributed by atoms with Gasteiger partial charge < -0.3 is 10.2 Å². The molecule has 2 aliphatic carbocycles. The zero-order valence-corrected chi connectivity index (χ0v) is 12.3. The number of aliphatic hydroxyl groups is 2. The molecule has 0 radical (unpaired) electrons. The molecule has 2 aliphatic rings. The molecule has 0 saturated heterocycles. The molecular formula is C16H30O2. The van der Waals surface area contributed by atoms with E-state index in [1.807, 2.05) is 0 Å². The van der Waals surface area contributed by atoms with Crippen LogP contribution in [0.3, 0.4) is 0 Å². The Morgan fingerprint density at radius 1 is 1.11 bits per heavy atom. The van der Waals surface area contributed by atoms with Crippen LogP contribution >= 0.6 is 0 Å². The average molecular weight is 254 g/mol. The van der Waals surface area contributed by atoms with Crippen LogP contribution in [0.5, 0.6) is 0 Å². The van der Waals surface area contributed by atoms with Crippen molar-refractivity contribution in [2.75, 3.05) is 6.61 Å². The highest BCUT2D eigenvalue weighted by atomic mass is 16.3. The van der Waals surface area contributed by atoms with Gasteiger partial charge in [0.15, 0.2) is 0 Å². The molecule has 0 aromatic carbocycles. The van der Waals surface area contributed by atoms with Gasteiger partial charge in [0, 0.05) is 6.61 Å². The third-order valence-corrected chi connectivity index (χ3v) is 6.01. The molecule has 2 rings (SSSR count). The van der Waals surface area contributed by atoms with Crippen LogP contribution in [-0.4, -0.2) is 22.9 Å².